The average Bonchev–Trinajstić information content (AvgIpc) is 2.94. The minimum Gasteiger partial charge on any atom is -0.444 e. The second-order valence-corrected chi connectivity index (χ2v) is 6.52. The molecule has 0 saturated carbocycles. The molecule has 5 nitrogen and oxygen atoms in total. The molecule has 5 heteroatoms. The van der Waals surface area contributed by atoms with Gasteiger partial charge in [-0.15, -0.1) is 0 Å². The molecule has 1 amide bonds. The van der Waals surface area contributed by atoms with Crippen molar-refractivity contribution in [3.8, 4) is 0 Å². The molecule has 0 bridgehead atoms. The van der Waals surface area contributed by atoms with Gasteiger partial charge in [0.25, 0.3) is 0 Å². The lowest BCUT2D eigenvalue weighted by atomic mass is 9.89. The van der Waals surface area contributed by atoms with E-state index in [-0.39, 0.29) is 6.09 Å². The summed E-state index contributed by atoms with van der Waals surface area (Å²) in [6.07, 6.45) is 2.34. The van der Waals surface area contributed by atoms with Crippen LogP contribution in [0.1, 0.15) is 33.6 Å². The van der Waals surface area contributed by atoms with Crippen molar-refractivity contribution in [2.75, 3.05) is 26.2 Å². The summed E-state index contributed by atoms with van der Waals surface area (Å²) in [5, 5.41) is 6.28. The van der Waals surface area contributed by atoms with E-state index in [9.17, 15) is 4.79 Å². The van der Waals surface area contributed by atoms with E-state index in [0.29, 0.717) is 24.5 Å². The molecule has 2 saturated heterocycles. The van der Waals surface area contributed by atoms with Crippen LogP contribution >= 0.6 is 0 Å². The van der Waals surface area contributed by atoms with Crippen LogP contribution in [0.5, 0.6) is 0 Å². The van der Waals surface area contributed by atoms with Crippen molar-refractivity contribution < 1.29 is 14.3 Å². The van der Waals surface area contributed by atoms with E-state index in [4.69, 9.17) is 9.47 Å². The number of alkyl carbamates (subject to hydrolysis) is 1. The van der Waals surface area contributed by atoms with Gasteiger partial charge in [0.2, 0.25) is 0 Å². The molecule has 2 heterocycles. The highest BCUT2D eigenvalue weighted by Crippen LogP contribution is 2.28. The van der Waals surface area contributed by atoms with Crippen LogP contribution in [-0.2, 0) is 9.47 Å². The highest BCUT2D eigenvalue weighted by molar-refractivity contribution is 5.67. The van der Waals surface area contributed by atoms with Crippen LogP contribution in [0.2, 0.25) is 0 Å². The Kier molecular flexibility index (Phi) is 4.68. The molecule has 0 aromatic rings. The first-order valence-corrected chi connectivity index (χ1v) is 7.25. The number of amides is 1. The zero-order chi connectivity index (χ0) is 13.9. The molecule has 19 heavy (non-hydrogen) atoms. The smallest absolute Gasteiger partial charge is 0.407 e. The average molecular weight is 270 g/mol. The van der Waals surface area contributed by atoms with E-state index in [0.717, 1.165) is 32.5 Å². The van der Waals surface area contributed by atoms with Gasteiger partial charge in [-0.25, -0.2) is 4.79 Å². The monoisotopic (exact) mass is 270 g/mol. The molecule has 0 aliphatic carbocycles. The highest BCUT2D eigenvalue weighted by Gasteiger charge is 2.36. The van der Waals surface area contributed by atoms with Gasteiger partial charge in [-0.3, -0.25) is 0 Å². The molecular formula is C14H26N2O3. The normalized spacial score (nSPS) is 31.4. The van der Waals surface area contributed by atoms with Crippen LogP contribution in [0, 0.1) is 11.8 Å². The molecule has 2 aliphatic rings. The summed E-state index contributed by atoms with van der Waals surface area (Å²) in [6, 6.07) is 0. The highest BCUT2D eigenvalue weighted by atomic mass is 16.6. The van der Waals surface area contributed by atoms with E-state index in [2.05, 4.69) is 10.6 Å². The third kappa shape index (κ3) is 4.35. The number of hydrogen-bond acceptors (Lipinski definition) is 4. The van der Waals surface area contributed by atoms with Gasteiger partial charge in [0.05, 0.1) is 6.10 Å². The fourth-order valence-electron chi connectivity index (χ4n) is 2.88. The fourth-order valence-corrected chi connectivity index (χ4v) is 2.88. The lowest BCUT2D eigenvalue weighted by Crippen LogP contribution is -2.39. The number of rotatable bonds is 3. The molecule has 3 atom stereocenters. The third-order valence-corrected chi connectivity index (χ3v) is 3.74. The molecular weight excluding hydrogens is 244 g/mol. The minimum absolute atomic E-state index is 0.328. The van der Waals surface area contributed by atoms with Crippen molar-refractivity contribution >= 4 is 6.09 Å². The Balaban J connectivity index is 1.76. The van der Waals surface area contributed by atoms with E-state index in [1.54, 1.807) is 0 Å². The van der Waals surface area contributed by atoms with E-state index < -0.39 is 5.60 Å². The summed E-state index contributed by atoms with van der Waals surface area (Å²) in [4.78, 5) is 11.7. The quantitative estimate of drug-likeness (QED) is 0.816. The summed E-state index contributed by atoms with van der Waals surface area (Å²) in [5.74, 6) is 0.952. The molecule has 2 N–H and O–H groups in total. The maximum Gasteiger partial charge on any atom is 0.407 e. The van der Waals surface area contributed by atoms with Crippen molar-refractivity contribution in [3.05, 3.63) is 0 Å². The lowest BCUT2D eigenvalue weighted by molar-refractivity contribution is 0.0434. The predicted molar refractivity (Wildman–Crippen MR) is 73.1 cm³/mol. The molecule has 0 aromatic carbocycles. The van der Waals surface area contributed by atoms with Gasteiger partial charge >= 0.3 is 6.09 Å². The standard InChI is InChI=1S/C14H26N2O3/c1-14(2,3)19-13(17)16-8-10-7-15-9-11(10)12-5-4-6-18-12/h10-12,15H,4-9H2,1-3H3,(H,16,17). The second kappa shape index (κ2) is 6.09. The second-order valence-electron chi connectivity index (χ2n) is 6.52. The molecule has 3 unspecified atom stereocenters. The molecule has 0 aromatic heterocycles. The number of hydrogen-bond donors (Lipinski definition) is 2. The van der Waals surface area contributed by atoms with E-state index >= 15 is 0 Å². The first-order valence-electron chi connectivity index (χ1n) is 7.25. The van der Waals surface area contributed by atoms with Gasteiger partial charge < -0.3 is 20.1 Å². The van der Waals surface area contributed by atoms with Crippen LogP contribution < -0.4 is 10.6 Å². The molecule has 110 valence electrons. The van der Waals surface area contributed by atoms with E-state index in [1.165, 1.54) is 0 Å². The van der Waals surface area contributed by atoms with Gasteiger partial charge in [0.1, 0.15) is 5.60 Å². The summed E-state index contributed by atoms with van der Waals surface area (Å²) < 4.78 is 11.0. The van der Waals surface area contributed by atoms with Gasteiger partial charge in [0.15, 0.2) is 0 Å². The number of carbonyl (C=O) groups excluding carboxylic acids is 1. The Bertz CT molecular complexity index is 308. The van der Waals surface area contributed by atoms with Crippen LogP contribution in [0.15, 0.2) is 0 Å². The number of ether oxygens (including phenoxy) is 2. The fraction of sp³-hybridized carbons (Fsp3) is 0.929. The van der Waals surface area contributed by atoms with Crippen molar-refractivity contribution in [3.63, 3.8) is 0 Å². The summed E-state index contributed by atoms with van der Waals surface area (Å²) in [6.45, 7) is 9.10. The predicted octanol–water partition coefficient (Wildman–Crippen LogP) is 1.53. The SMILES string of the molecule is CC(C)(C)OC(=O)NCC1CNCC1C1CCCO1. The van der Waals surface area contributed by atoms with Crippen LogP contribution in [0.25, 0.3) is 0 Å². The Morgan fingerprint density at radius 3 is 2.84 bits per heavy atom. The minimum atomic E-state index is -0.439. The summed E-state index contributed by atoms with van der Waals surface area (Å²) in [7, 11) is 0. The number of nitrogens with one attached hydrogen (secondary N) is 2. The zero-order valence-corrected chi connectivity index (χ0v) is 12.2. The maximum absolute atomic E-state index is 11.7. The molecule has 0 radical (unpaired) electrons. The third-order valence-electron chi connectivity index (χ3n) is 3.74. The molecule has 0 spiro atoms. The topological polar surface area (TPSA) is 59.6 Å². The molecule has 2 aliphatic heterocycles. The largest absolute Gasteiger partial charge is 0.444 e. The first kappa shape index (κ1) is 14.6. The van der Waals surface area contributed by atoms with Crippen LogP contribution in [0.3, 0.4) is 0 Å². The molecule has 2 fully saturated rings. The summed E-state index contributed by atoms with van der Waals surface area (Å²) in [5.41, 5.74) is -0.439. The van der Waals surface area contributed by atoms with Crippen molar-refractivity contribution in [1.29, 1.82) is 0 Å². The zero-order valence-electron chi connectivity index (χ0n) is 12.2. The lowest BCUT2D eigenvalue weighted by Gasteiger charge is -2.25. The van der Waals surface area contributed by atoms with Gasteiger partial charge in [-0.1, -0.05) is 0 Å². The van der Waals surface area contributed by atoms with Crippen molar-refractivity contribution in [2.45, 2.75) is 45.3 Å². The Morgan fingerprint density at radius 2 is 2.21 bits per heavy atom. The van der Waals surface area contributed by atoms with Gasteiger partial charge in [-0.05, 0) is 39.5 Å². The maximum atomic E-state index is 11.7. The van der Waals surface area contributed by atoms with Gasteiger partial charge in [-0.2, -0.15) is 0 Å². The summed E-state index contributed by atoms with van der Waals surface area (Å²) >= 11 is 0. The van der Waals surface area contributed by atoms with Crippen LogP contribution in [0.4, 0.5) is 4.79 Å². The Morgan fingerprint density at radius 1 is 1.42 bits per heavy atom. The Labute approximate surface area is 115 Å². The molecule has 2 rings (SSSR count). The first-order chi connectivity index (χ1) is 8.96. The van der Waals surface area contributed by atoms with Crippen molar-refractivity contribution in [1.82, 2.24) is 10.6 Å². The number of carbonyl (C=O) groups is 1. The Hall–Kier alpha value is -0.810. The van der Waals surface area contributed by atoms with Crippen molar-refractivity contribution in [2.24, 2.45) is 11.8 Å². The van der Waals surface area contributed by atoms with Gasteiger partial charge in [0, 0.05) is 32.2 Å². The van der Waals surface area contributed by atoms with Crippen LogP contribution in [-0.4, -0.2) is 44.0 Å². The van der Waals surface area contributed by atoms with E-state index in [1.807, 2.05) is 20.8 Å².